The van der Waals surface area contributed by atoms with Crippen molar-refractivity contribution in [1.82, 2.24) is 5.06 Å². The maximum absolute atomic E-state index is 5.45. The lowest BCUT2D eigenvalue weighted by molar-refractivity contribution is -0.00325. The maximum atomic E-state index is 5.45. The molecule has 24 heavy (non-hydrogen) atoms. The van der Waals surface area contributed by atoms with E-state index in [4.69, 9.17) is 27.7 Å². The molecule has 0 spiro atoms. The fourth-order valence-electron chi connectivity index (χ4n) is 1.96. The fraction of sp³-hybridized carbons (Fsp3) is 0.111. The highest BCUT2D eigenvalue weighted by Crippen LogP contribution is 2.25. The van der Waals surface area contributed by atoms with Gasteiger partial charge in [0.05, 0.1) is 0 Å². The van der Waals surface area contributed by atoms with E-state index in [-0.39, 0.29) is 0 Å². The van der Waals surface area contributed by atoms with Crippen LogP contribution in [0.25, 0.3) is 22.2 Å². The van der Waals surface area contributed by atoms with Crippen molar-refractivity contribution in [3.8, 4) is 30.4 Å². The number of benzene rings is 2. The number of rotatable bonds is 6. The van der Waals surface area contributed by atoms with Gasteiger partial charge in [-0.2, -0.15) is 5.06 Å². The number of hydroxylamine groups is 2. The van der Waals surface area contributed by atoms with Crippen molar-refractivity contribution in [2.75, 3.05) is 14.1 Å². The van der Waals surface area contributed by atoms with Gasteiger partial charge in [0.15, 0.2) is 0 Å². The normalized spacial score (nSPS) is 10.2. The maximum Gasteiger partial charge on any atom is 0.336 e. The van der Waals surface area contributed by atoms with Gasteiger partial charge >= 0.3 is 13.1 Å². The zero-order valence-electron chi connectivity index (χ0n) is 13.4. The van der Waals surface area contributed by atoms with Gasteiger partial charge in [-0.3, -0.25) is 0 Å². The third kappa shape index (κ3) is 5.06. The first-order valence-corrected chi connectivity index (χ1v) is 7.04. The summed E-state index contributed by atoms with van der Waals surface area (Å²) in [5.74, 6) is 1.58. The Labute approximate surface area is 140 Å². The molecule has 2 rings (SSSR count). The summed E-state index contributed by atoms with van der Waals surface area (Å²) in [4.78, 5) is 15.3. The molecule has 6 heteroatoms. The molecule has 0 unspecified atom stereocenters. The number of nitrogens with zero attached hydrogens (tertiary/aromatic N) is 3. The van der Waals surface area contributed by atoms with E-state index in [1.807, 2.05) is 50.5 Å². The average Bonchev–Trinajstić information content (AvgIpc) is 2.54. The first kappa shape index (κ1) is 16.9. The minimum Gasteiger partial charge on any atom is -0.407 e. The topological polar surface area (TPSA) is 39.7 Å². The van der Waals surface area contributed by atoms with Crippen molar-refractivity contribution >= 4 is 12.2 Å². The predicted molar refractivity (Wildman–Crippen MR) is 94.0 cm³/mol. The molecule has 6 nitrogen and oxygen atoms in total. The molecule has 0 fully saturated rings. The van der Waals surface area contributed by atoms with Crippen LogP contribution < -0.4 is 14.5 Å². The van der Waals surface area contributed by atoms with Crippen molar-refractivity contribution in [2.24, 2.45) is 0 Å². The van der Waals surface area contributed by atoms with Crippen molar-refractivity contribution < 1.29 is 14.5 Å². The molecular formula is C18H17N3O3+2. The van der Waals surface area contributed by atoms with Gasteiger partial charge in [0.2, 0.25) is 21.5 Å². The Kier molecular flexibility index (Phi) is 5.79. The van der Waals surface area contributed by atoms with Crippen LogP contribution in [0.5, 0.6) is 17.2 Å². The number of hydrogen-bond donors (Lipinski definition) is 0. The third-order valence-electron chi connectivity index (χ3n) is 2.85. The van der Waals surface area contributed by atoms with Crippen molar-refractivity contribution in [1.29, 1.82) is 0 Å². The Morgan fingerprint density at radius 2 is 1.33 bits per heavy atom. The second-order valence-corrected chi connectivity index (χ2v) is 4.94. The molecule has 0 aliphatic carbocycles. The molecule has 0 atom stereocenters. The lowest BCUT2D eigenvalue weighted by Crippen LogP contribution is -2.15. The summed E-state index contributed by atoms with van der Waals surface area (Å²) in [6.07, 6.45) is 3.82. The van der Waals surface area contributed by atoms with E-state index in [9.17, 15) is 0 Å². The van der Waals surface area contributed by atoms with E-state index < -0.39 is 0 Å². The van der Waals surface area contributed by atoms with Crippen molar-refractivity contribution in [3.63, 3.8) is 0 Å². The first-order chi connectivity index (χ1) is 11.6. The van der Waals surface area contributed by atoms with E-state index in [1.54, 1.807) is 23.3 Å². The second kappa shape index (κ2) is 8.23. The predicted octanol–water partition coefficient (Wildman–Crippen LogP) is 4.23. The van der Waals surface area contributed by atoms with Gasteiger partial charge in [-0.25, -0.2) is 0 Å². The SMILES string of the molecule is C#[N+]Oc1cc(/C=C/c2ccc(ON(C)C)cc2)cc(O[N+]#C)c1. The first-order valence-electron chi connectivity index (χ1n) is 7.04. The molecule has 0 saturated carbocycles. The van der Waals surface area contributed by atoms with Crippen molar-refractivity contribution in [3.05, 3.63) is 63.6 Å². The van der Waals surface area contributed by atoms with Crippen LogP contribution in [0.15, 0.2) is 42.5 Å². The van der Waals surface area contributed by atoms with Crippen molar-refractivity contribution in [2.45, 2.75) is 0 Å². The second-order valence-electron chi connectivity index (χ2n) is 4.94. The van der Waals surface area contributed by atoms with E-state index in [0.717, 1.165) is 16.9 Å². The van der Waals surface area contributed by atoms with Crippen LogP contribution in [0.2, 0.25) is 0 Å². The Balaban J connectivity index is 2.18. The van der Waals surface area contributed by atoms with Gasteiger partial charge in [0, 0.05) is 20.2 Å². The van der Waals surface area contributed by atoms with Gasteiger partial charge in [-0.1, -0.05) is 24.3 Å². The summed E-state index contributed by atoms with van der Waals surface area (Å²) in [7, 11) is 3.65. The van der Waals surface area contributed by atoms with Crippen LogP contribution in [0.4, 0.5) is 0 Å². The summed E-state index contributed by atoms with van der Waals surface area (Å²) in [5, 5.41) is 7.91. The highest BCUT2D eigenvalue weighted by atomic mass is 16.7. The van der Waals surface area contributed by atoms with Gasteiger partial charge in [-0.05, 0) is 35.4 Å². The molecule has 0 aliphatic heterocycles. The summed E-state index contributed by atoms with van der Waals surface area (Å²) in [6, 6.07) is 12.7. The zero-order chi connectivity index (χ0) is 17.4. The quantitative estimate of drug-likeness (QED) is 0.589. The van der Waals surface area contributed by atoms with Gasteiger partial charge < -0.3 is 4.84 Å². The number of hydrogen-bond acceptors (Lipinski definition) is 4. The molecular weight excluding hydrogens is 306 g/mol. The van der Waals surface area contributed by atoms with Crippen LogP contribution in [-0.4, -0.2) is 19.2 Å². The molecule has 2 aromatic rings. The summed E-state index contributed by atoms with van der Waals surface area (Å²) >= 11 is 0. The van der Waals surface area contributed by atoms with Gasteiger partial charge in [-0.15, -0.1) is 9.68 Å². The Hall–Kier alpha value is -3.48. The molecule has 2 aromatic carbocycles. The molecule has 0 radical (unpaired) electrons. The van der Waals surface area contributed by atoms with E-state index >= 15 is 0 Å². The molecule has 0 N–H and O–H groups in total. The smallest absolute Gasteiger partial charge is 0.336 e. The van der Waals surface area contributed by atoms with Crippen LogP contribution in [0, 0.1) is 13.1 Å². The lowest BCUT2D eigenvalue weighted by atomic mass is 10.1. The molecule has 0 aromatic heterocycles. The minimum absolute atomic E-state index is 0.410. The fourth-order valence-corrected chi connectivity index (χ4v) is 1.96. The Morgan fingerprint density at radius 1 is 0.792 bits per heavy atom. The van der Waals surface area contributed by atoms with Crippen LogP contribution in [-0.2, 0) is 0 Å². The highest BCUT2D eigenvalue weighted by molar-refractivity contribution is 5.71. The van der Waals surface area contributed by atoms with E-state index in [0.29, 0.717) is 11.5 Å². The zero-order valence-corrected chi connectivity index (χ0v) is 13.4. The monoisotopic (exact) mass is 323 g/mol. The standard InChI is InChI=1S/C18H17N3O3/c1-19-22-17-11-15(12-18(13-17)23-20-2)6-5-14-7-9-16(10-8-14)24-21(3)4/h1-2,5-13H,3-4H3/q+2/b6-5+. The Bertz CT molecular complexity index is 765. The van der Waals surface area contributed by atoms with Crippen LogP contribution >= 0.6 is 0 Å². The molecule has 0 bridgehead atoms. The summed E-state index contributed by atoms with van der Waals surface area (Å²) in [5.41, 5.74) is 1.81. The highest BCUT2D eigenvalue weighted by Gasteiger charge is 2.08. The van der Waals surface area contributed by atoms with Gasteiger partial charge in [0.25, 0.3) is 0 Å². The molecule has 120 valence electrons. The van der Waals surface area contributed by atoms with Gasteiger partial charge in [0.1, 0.15) is 5.75 Å². The van der Waals surface area contributed by atoms with E-state index in [1.165, 1.54) is 0 Å². The molecule has 0 heterocycles. The minimum atomic E-state index is 0.410. The molecule has 0 aliphatic rings. The lowest BCUT2D eigenvalue weighted by Gasteiger charge is -2.11. The molecule has 0 amide bonds. The van der Waals surface area contributed by atoms with Crippen LogP contribution in [0.3, 0.4) is 0 Å². The van der Waals surface area contributed by atoms with Crippen LogP contribution in [0.1, 0.15) is 11.1 Å². The average molecular weight is 323 g/mol. The third-order valence-corrected chi connectivity index (χ3v) is 2.85. The summed E-state index contributed by atoms with van der Waals surface area (Å²) in [6.45, 7) is 10.1. The summed E-state index contributed by atoms with van der Waals surface area (Å²) < 4.78 is 0. The Morgan fingerprint density at radius 3 is 1.83 bits per heavy atom. The molecule has 0 saturated heterocycles. The van der Waals surface area contributed by atoms with E-state index in [2.05, 4.69) is 10.0 Å². The largest absolute Gasteiger partial charge is 0.407 e.